The van der Waals surface area contributed by atoms with Crippen LogP contribution in [0.3, 0.4) is 0 Å². The largest absolute Gasteiger partial charge is 0.508 e. The Bertz CT molecular complexity index is 288. The van der Waals surface area contributed by atoms with E-state index in [1.54, 1.807) is 18.4 Å². The summed E-state index contributed by atoms with van der Waals surface area (Å²) in [5, 5.41) is 12.3. The Labute approximate surface area is 85.4 Å². The fourth-order valence-electron chi connectivity index (χ4n) is 0.673. The van der Waals surface area contributed by atoms with E-state index < -0.39 is 0 Å². The van der Waals surface area contributed by atoms with E-state index in [2.05, 4.69) is 14.5 Å². The number of hydrogen-bond acceptors (Lipinski definition) is 6. The Morgan fingerprint density at radius 2 is 2.07 bits per heavy atom. The standard InChI is InChI=1S/C8H9NO4S/c1-14-13-12-9-6-11-8-4-2-7(10)3-5-8/h2-6,10H,1H3/b9-6+. The van der Waals surface area contributed by atoms with Crippen LogP contribution in [0.25, 0.3) is 0 Å². The van der Waals surface area contributed by atoms with Crippen LogP contribution in [0.1, 0.15) is 0 Å². The molecule has 0 aliphatic heterocycles. The molecule has 6 heteroatoms. The third kappa shape index (κ3) is 4.01. The molecule has 0 heterocycles. The maximum Gasteiger partial charge on any atom is 0.222 e. The van der Waals surface area contributed by atoms with Crippen LogP contribution in [0.4, 0.5) is 0 Å². The summed E-state index contributed by atoms with van der Waals surface area (Å²) in [5.74, 6) is 0.718. The molecule has 0 saturated carbocycles. The quantitative estimate of drug-likeness (QED) is 0.203. The van der Waals surface area contributed by atoms with Crippen molar-refractivity contribution in [2.45, 2.75) is 0 Å². The van der Waals surface area contributed by atoms with Gasteiger partial charge in [0, 0.05) is 18.3 Å². The zero-order chi connectivity index (χ0) is 10.2. The van der Waals surface area contributed by atoms with Crippen molar-refractivity contribution in [2.75, 3.05) is 6.26 Å². The van der Waals surface area contributed by atoms with E-state index in [4.69, 9.17) is 9.84 Å². The molecular weight excluding hydrogens is 206 g/mol. The van der Waals surface area contributed by atoms with Gasteiger partial charge in [0.05, 0.1) is 0 Å². The van der Waals surface area contributed by atoms with Crippen LogP contribution < -0.4 is 4.74 Å². The number of rotatable bonds is 5. The van der Waals surface area contributed by atoms with Gasteiger partial charge in [0.25, 0.3) is 0 Å². The van der Waals surface area contributed by atoms with Crippen LogP contribution in [0.5, 0.6) is 11.5 Å². The minimum absolute atomic E-state index is 0.177. The lowest BCUT2D eigenvalue weighted by molar-refractivity contribution is -0.190. The maximum absolute atomic E-state index is 8.96. The molecular formula is C8H9NO4S. The molecule has 1 rings (SSSR count). The molecule has 0 radical (unpaired) electrons. The maximum atomic E-state index is 8.96. The van der Waals surface area contributed by atoms with Crippen molar-refractivity contribution in [2.24, 2.45) is 5.16 Å². The third-order valence-corrected chi connectivity index (χ3v) is 1.41. The third-order valence-electron chi connectivity index (χ3n) is 1.21. The second kappa shape index (κ2) is 6.11. The summed E-state index contributed by atoms with van der Waals surface area (Å²) in [6, 6.07) is 6.19. The Morgan fingerprint density at radius 1 is 1.36 bits per heavy atom. The molecule has 0 amide bonds. The molecule has 76 valence electrons. The van der Waals surface area contributed by atoms with E-state index in [-0.39, 0.29) is 5.75 Å². The van der Waals surface area contributed by atoms with E-state index >= 15 is 0 Å². The van der Waals surface area contributed by atoms with Crippen LogP contribution in [-0.2, 0) is 9.32 Å². The normalized spacial score (nSPS) is 10.4. The first-order chi connectivity index (χ1) is 6.83. The van der Waals surface area contributed by atoms with Gasteiger partial charge in [-0.25, -0.2) is 4.99 Å². The summed E-state index contributed by atoms with van der Waals surface area (Å²) >= 11 is 1.03. The number of aromatic hydroxyl groups is 1. The van der Waals surface area contributed by atoms with Gasteiger partial charge in [0.1, 0.15) is 11.5 Å². The lowest BCUT2D eigenvalue weighted by Crippen LogP contribution is -1.90. The molecule has 0 fully saturated rings. The molecule has 1 aromatic rings. The van der Waals surface area contributed by atoms with Crippen molar-refractivity contribution < 1.29 is 19.2 Å². The van der Waals surface area contributed by atoms with Gasteiger partial charge in [-0.1, -0.05) is 4.33 Å². The molecule has 0 spiro atoms. The van der Waals surface area contributed by atoms with Crippen molar-refractivity contribution >= 4 is 18.4 Å². The molecule has 0 saturated heterocycles. The van der Waals surface area contributed by atoms with E-state index in [9.17, 15) is 0 Å². The predicted octanol–water partition coefficient (Wildman–Crippen LogP) is 1.94. The Hall–Kier alpha value is -1.40. The molecule has 1 N–H and O–H groups in total. The van der Waals surface area contributed by atoms with E-state index in [1.807, 2.05) is 0 Å². The summed E-state index contributed by atoms with van der Waals surface area (Å²) in [4.78, 5) is 4.29. The van der Waals surface area contributed by atoms with Crippen molar-refractivity contribution in [3.8, 4) is 11.5 Å². The van der Waals surface area contributed by atoms with E-state index in [1.165, 1.54) is 12.1 Å². The molecule has 0 bridgehead atoms. The predicted molar refractivity (Wildman–Crippen MR) is 52.9 cm³/mol. The van der Waals surface area contributed by atoms with Crippen LogP contribution >= 0.6 is 12.0 Å². The summed E-state index contributed by atoms with van der Waals surface area (Å²) in [7, 11) is 0. The summed E-state index contributed by atoms with van der Waals surface area (Å²) < 4.78 is 9.38. The van der Waals surface area contributed by atoms with Crippen LogP contribution in [0, 0.1) is 0 Å². The first kappa shape index (κ1) is 10.7. The average molecular weight is 215 g/mol. The molecule has 5 nitrogen and oxygen atoms in total. The molecule has 0 aromatic heterocycles. The zero-order valence-electron chi connectivity index (χ0n) is 7.41. The molecule has 1 aromatic carbocycles. The van der Waals surface area contributed by atoms with Gasteiger partial charge >= 0.3 is 0 Å². The van der Waals surface area contributed by atoms with E-state index in [0.717, 1.165) is 18.4 Å². The van der Waals surface area contributed by atoms with Gasteiger partial charge in [0.2, 0.25) is 6.40 Å². The van der Waals surface area contributed by atoms with E-state index in [0.29, 0.717) is 5.75 Å². The Kier molecular flexibility index (Phi) is 4.66. The van der Waals surface area contributed by atoms with Crippen molar-refractivity contribution in [1.82, 2.24) is 0 Å². The first-order valence-electron chi connectivity index (χ1n) is 3.67. The molecule has 0 aliphatic rings. The van der Waals surface area contributed by atoms with Gasteiger partial charge in [-0.3, -0.25) is 0 Å². The van der Waals surface area contributed by atoms with Crippen LogP contribution in [0.2, 0.25) is 0 Å². The minimum Gasteiger partial charge on any atom is -0.508 e. The molecule has 14 heavy (non-hydrogen) atoms. The number of phenols is 1. The number of hydrogen-bond donors (Lipinski definition) is 1. The van der Waals surface area contributed by atoms with Gasteiger partial charge in [-0.2, -0.15) is 0 Å². The van der Waals surface area contributed by atoms with Gasteiger partial charge in [-0.05, 0) is 29.4 Å². The molecule has 0 aliphatic carbocycles. The summed E-state index contributed by atoms with van der Waals surface area (Å²) in [6.07, 6.45) is 2.78. The highest BCUT2D eigenvalue weighted by Gasteiger charge is 1.90. The van der Waals surface area contributed by atoms with Gasteiger partial charge < -0.3 is 9.84 Å². The number of nitrogens with zero attached hydrogens (tertiary/aromatic N) is 1. The summed E-state index contributed by atoms with van der Waals surface area (Å²) in [5.41, 5.74) is 0. The smallest absolute Gasteiger partial charge is 0.222 e. The summed E-state index contributed by atoms with van der Waals surface area (Å²) in [6.45, 7) is 0. The second-order valence-corrected chi connectivity index (χ2v) is 2.60. The fraction of sp³-hybridized carbons (Fsp3) is 0.125. The van der Waals surface area contributed by atoms with Gasteiger partial charge in [-0.15, -0.1) is 0 Å². The average Bonchev–Trinajstić information content (AvgIpc) is 2.21. The first-order valence-corrected chi connectivity index (χ1v) is 4.82. The number of oxime groups is 1. The van der Waals surface area contributed by atoms with Crippen LogP contribution in [-0.4, -0.2) is 17.8 Å². The number of ether oxygens (including phenoxy) is 1. The topological polar surface area (TPSA) is 60.3 Å². The van der Waals surface area contributed by atoms with Crippen molar-refractivity contribution in [1.29, 1.82) is 0 Å². The highest BCUT2D eigenvalue weighted by atomic mass is 32.2. The molecule has 0 unspecified atom stereocenters. The lowest BCUT2D eigenvalue weighted by Gasteiger charge is -1.97. The molecule has 0 atom stereocenters. The number of benzene rings is 1. The second-order valence-electron chi connectivity index (χ2n) is 2.13. The number of phenolic OH excluding ortho intramolecular Hbond substituents is 1. The minimum atomic E-state index is 0.177. The van der Waals surface area contributed by atoms with Crippen LogP contribution in [0.15, 0.2) is 29.4 Å². The highest BCUT2D eigenvalue weighted by Crippen LogP contribution is 2.15. The lowest BCUT2D eigenvalue weighted by atomic mass is 10.3. The monoisotopic (exact) mass is 215 g/mol. The fourth-order valence-corrected chi connectivity index (χ4v) is 0.769. The zero-order valence-corrected chi connectivity index (χ0v) is 8.23. The van der Waals surface area contributed by atoms with Crippen molar-refractivity contribution in [3.63, 3.8) is 0 Å². The van der Waals surface area contributed by atoms with Gasteiger partial charge in [0.15, 0.2) is 0 Å². The Balaban J connectivity index is 2.30. The Morgan fingerprint density at radius 3 is 2.71 bits per heavy atom. The van der Waals surface area contributed by atoms with Crippen molar-refractivity contribution in [3.05, 3.63) is 24.3 Å². The SMILES string of the molecule is CSOO/N=C/Oc1ccc(O)cc1. The highest BCUT2D eigenvalue weighted by molar-refractivity contribution is 7.93.